The summed E-state index contributed by atoms with van der Waals surface area (Å²) in [6, 6.07) is 14.6. The van der Waals surface area contributed by atoms with Crippen LogP contribution in [0.4, 0.5) is 0 Å². The zero-order chi connectivity index (χ0) is 15.1. The zero-order valence-corrected chi connectivity index (χ0v) is 12.0. The number of carbonyl (C=O) groups excluding carboxylic acids is 1. The second-order valence-corrected chi connectivity index (χ2v) is 4.79. The molecule has 110 valence electrons. The van der Waals surface area contributed by atoms with Crippen molar-refractivity contribution in [2.75, 3.05) is 7.11 Å². The number of rotatable bonds is 6. The highest BCUT2D eigenvalue weighted by Crippen LogP contribution is 2.13. The molecule has 0 heterocycles. The van der Waals surface area contributed by atoms with Crippen LogP contribution in [0.5, 0.6) is 11.5 Å². The number of carbonyl (C=O) groups is 1. The topological polar surface area (TPSA) is 58.6 Å². The average Bonchev–Trinajstić information content (AvgIpc) is 2.51. The van der Waals surface area contributed by atoms with E-state index in [1.54, 1.807) is 25.3 Å². The van der Waals surface area contributed by atoms with Crippen LogP contribution in [-0.4, -0.2) is 18.1 Å². The Morgan fingerprint density at radius 2 is 1.90 bits per heavy atom. The lowest BCUT2D eigenvalue weighted by Gasteiger charge is -2.06. The smallest absolute Gasteiger partial charge is 0.220 e. The van der Waals surface area contributed by atoms with E-state index >= 15 is 0 Å². The van der Waals surface area contributed by atoms with Gasteiger partial charge in [0.2, 0.25) is 5.91 Å². The SMILES string of the molecule is COc1ccc(CCC(=O)NCc2cccc(O)c2)cc1. The molecule has 0 radical (unpaired) electrons. The van der Waals surface area contributed by atoms with Crippen LogP contribution in [0.2, 0.25) is 0 Å². The molecule has 0 saturated heterocycles. The van der Waals surface area contributed by atoms with Gasteiger partial charge in [-0.2, -0.15) is 0 Å². The number of methoxy groups -OCH3 is 1. The van der Waals surface area contributed by atoms with Gasteiger partial charge in [-0.3, -0.25) is 4.79 Å². The standard InChI is InChI=1S/C17H19NO3/c1-21-16-8-5-13(6-9-16)7-10-17(20)18-12-14-3-2-4-15(19)11-14/h2-6,8-9,11,19H,7,10,12H2,1H3,(H,18,20). The minimum atomic E-state index is -0.00541. The maximum absolute atomic E-state index is 11.8. The van der Waals surface area contributed by atoms with Gasteiger partial charge >= 0.3 is 0 Å². The summed E-state index contributed by atoms with van der Waals surface area (Å²) in [6.07, 6.45) is 1.13. The first kappa shape index (κ1) is 14.9. The van der Waals surface area contributed by atoms with E-state index in [9.17, 15) is 9.90 Å². The molecule has 21 heavy (non-hydrogen) atoms. The van der Waals surface area contributed by atoms with Crippen LogP contribution in [0.3, 0.4) is 0 Å². The molecule has 0 atom stereocenters. The monoisotopic (exact) mass is 285 g/mol. The van der Waals surface area contributed by atoms with E-state index in [0.29, 0.717) is 19.4 Å². The molecule has 0 aliphatic rings. The van der Waals surface area contributed by atoms with E-state index in [-0.39, 0.29) is 11.7 Å². The van der Waals surface area contributed by atoms with Crippen molar-refractivity contribution in [2.45, 2.75) is 19.4 Å². The minimum absolute atomic E-state index is 0.00541. The summed E-state index contributed by atoms with van der Waals surface area (Å²) in [6.45, 7) is 0.426. The Bertz CT molecular complexity index is 593. The summed E-state index contributed by atoms with van der Waals surface area (Å²) in [7, 11) is 1.63. The molecule has 4 heteroatoms. The molecular formula is C17H19NO3. The number of aryl methyl sites for hydroxylation is 1. The molecule has 0 aliphatic heterocycles. The molecule has 2 aromatic rings. The van der Waals surface area contributed by atoms with E-state index in [1.165, 1.54) is 0 Å². The first-order valence-electron chi connectivity index (χ1n) is 6.85. The van der Waals surface area contributed by atoms with E-state index in [4.69, 9.17) is 4.74 Å². The number of ether oxygens (including phenoxy) is 1. The third kappa shape index (κ3) is 4.84. The van der Waals surface area contributed by atoms with Gasteiger partial charge in [-0.1, -0.05) is 24.3 Å². The fourth-order valence-corrected chi connectivity index (χ4v) is 2.01. The fraction of sp³-hybridized carbons (Fsp3) is 0.235. The lowest BCUT2D eigenvalue weighted by molar-refractivity contribution is -0.121. The van der Waals surface area contributed by atoms with Crippen LogP contribution < -0.4 is 10.1 Å². The van der Waals surface area contributed by atoms with Gasteiger partial charge in [-0.15, -0.1) is 0 Å². The first-order valence-corrected chi connectivity index (χ1v) is 6.85. The van der Waals surface area contributed by atoms with Crippen molar-refractivity contribution in [3.05, 3.63) is 59.7 Å². The molecule has 4 nitrogen and oxygen atoms in total. The Labute approximate surface area is 124 Å². The van der Waals surface area contributed by atoms with Gasteiger partial charge in [0.15, 0.2) is 0 Å². The van der Waals surface area contributed by atoms with Gasteiger partial charge in [0.05, 0.1) is 7.11 Å². The predicted molar refractivity (Wildman–Crippen MR) is 81.3 cm³/mol. The van der Waals surface area contributed by atoms with Crippen molar-refractivity contribution in [2.24, 2.45) is 0 Å². The second-order valence-electron chi connectivity index (χ2n) is 4.79. The van der Waals surface area contributed by atoms with Crippen LogP contribution in [0.15, 0.2) is 48.5 Å². The van der Waals surface area contributed by atoms with Gasteiger partial charge in [0.25, 0.3) is 0 Å². The highest BCUT2D eigenvalue weighted by atomic mass is 16.5. The number of aromatic hydroxyl groups is 1. The van der Waals surface area contributed by atoms with Crippen molar-refractivity contribution in [3.8, 4) is 11.5 Å². The summed E-state index contributed by atoms with van der Waals surface area (Å²) >= 11 is 0. The van der Waals surface area contributed by atoms with Crippen molar-refractivity contribution in [3.63, 3.8) is 0 Å². The lowest BCUT2D eigenvalue weighted by atomic mass is 10.1. The maximum atomic E-state index is 11.8. The fourth-order valence-electron chi connectivity index (χ4n) is 2.01. The van der Waals surface area contributed by atoms with Crippen molar-refractivity contribution in [1.29, 1.82) is 0 Å². The van der Waals surface area contributed by atoms with Crippen LogP contribution in [0.25, 0.3) is 0 Å². The first-order chi connectivity index (χ1) is 10.2. The van der Waals surface area contributed by atoms with E-state index in [2.05, 4.69) is 5.32 Å². The van der Waals surface area contributed by atoms with Gasteiger partial charge in [0, 0.05) is 13.0 Å². The number of phenols is 1. The molecule has 2 N–H and O–H groups in total. The molecule has 0 aromatic heterocycles. The van der Waals surface area contributed by atoms with Gasteiger partial charge < -0.3 is 15.2 Å². The molecule has 0 spiro atoms. The molecule has 1 amide bonds. The molecule has 2 aromatic carbocycles. The van der Waals surface area contributed by atoms with Gasteiger partial charge in [-0.25, -0.2) is 0 Å². The van der Waals surface area contributed by atoms with Gasteiger partial charge in [-0.05, 0) is 41.8 Å². The normalized spacial score (nSPS) is 10.1. The third-order valence-electron chi connectivity index (χ3n) is 3.20. The Balaban J connectivity index is 1.76. The van der Waals surface area contributed by atoms with Crippen LogP contribution in [0.1, 0.15) is 17.5 Å². The summed E-state index contributed by atoms with van der Waals surface area (Å²) < 4.78 is 5.09. The number of amides is 1. The van der Waals surface area contributed by atoms with Crippen molar-refractivity contribution in [1.82, 2.24) is 5.32 Å². The molecule has 0 aliphatic carbocycles. The predicted octanol–water partition coefficient (Wildman–Crippen LogP) is 2.65. The largest absolute Gasteiger partial charge is 0.508 e. The number of phenolic OH excluding ortho intramolecular Hbond substituents is 1. The summed E-state index contributed by atoms with van der Waals surface area (Å²) in [5, 5.41) is 12.2. The van der Waals surface area contributed by atoms with Crippen LogP contribution in [-0.2, 0) is 17.8 Å². The third-order valence-corrected chi connectivity index (χ3v) is 3.20. The molecule has 2 rings (SSSR count). The van der Waals surface area contributed by atoms with Crippen LogP contribution in [0, 0.1) is 0 Å². The number of hydrogen-bond acceptors (Lipinski definition) is 3. The Hall–Kier alpha value is -2.49. The second kappa shape index (κ2) is 7.33. The van der Waals surface area contributed by atoms with E-state index in [0.717, 1.165) is 16.9 Å². The quantitative estimate of drug-likeness (QED) is 0.858. The van der Waals surface area contributed by atoms with Crippen molar-refractivity contribution >= 4 is 5.91 Å². The number of hydrogen-bond donors (Lipinski definition) is 2. The summed E-state index contributed by atoms with van der Waals surface area (Å²) in [5.74, 6) is 1.02. The molecule has 0 fully saturated rings. The average molecular weight is 285 g/mol. The molecule has 0 bridgehead atoms. The highest BCUT2D eigenvalue weighted by molar-refractivity contribution is 5.76. The maximum Gasteiger partial charge on any atom is 0.220 e. The Kier molecular flexibility index (Phi) is 5.21. The number of nitrogens with one attached hydrogen (secondary N) is 1. The summed E-state index contributed by atoms with van der Waals surface area (Å²) in [5.41, 5.74) is 1.98. The zero-order valence-electron chi connectivity index (χ0n) is 12.0. The Morgan fingerprint density at radius 3 is 2.57 bits per heavy atom. The molecule has 0 unspecified atom stereocenters. The van der Waals surface area contributed by atoms with E-state index in [1.807, 2.05) is 30.3 Å². The van der Waals surface area contributed by atoms with Crippen molar-refractivity contribution < 1.29 is 14.6 Å². The Morgan fingerprint density at radius 1 is 1.14 bits per heavy atom. The number of benzene rings is 2. The van der Waals surface area contributed by atoms with Crippen LogP contribution >= 0.6 is 0 Å². The molecule has 0 saturated carbocycles. The van der Waals surface area contributed by atoms with Gasteiger partial charge in [0.1, 0.15) is 11.5 Å². The van der Waals surface area contributed by atoms with E-state index < -0.39 is 0 Å². The molecular weight excluding hydrogens is 266 g/mol. The summed E-state index contributed by atoms with van der Waals surface area (Å²) in [4.78, 5) is 11.8. The lowest BCUT2D eigenvalue weighted by Crippen LogP contribution is -2.22. The minimum Gasteiger partial charge on any atom is -0.508 e. The highest BCUT2D eigenvalue weighted by Gasteiger charge is 2.03.